The van der Waals surface area contributed by atoms with Gasteiger partial charge in [0.1, 0.15) is 11.7 Å². The van der Waals surface area contributed by atoms with Crippen LogP contribution in [0.25, 0.3) is 0 Å². The molecule has 0 aliphatic carbocycles. The zero-order valence-corrected chi connectivity index (χ0v) is 15.0. The second-order valence-corrected chi connectivity index (χ2v) is 6.42. The van der Waals surface area contributed by atoms with E-state index in [9.17, 15) is 9.59 Å². The van der Waals surface area contributed by atoms with Crippen molar-refractivity contribution < 1.29 is 18.6 Å². The van der Waals surface area contributed by atoms with Crippen LogP contribution in [0, 0.1) is 0 Å². The molecule has 0 N–H and O–H groups in total. The van der Waals surface area contributed by atoms with Crippen molar-refractivity contribution in [2.75, 3.05) is 13.7 Å². The van der Waals surface area contributed by atoms with Gasteiger partial charge in [0, 0.05) is 31.2 Å². The molecule has 0 saturated carbocycles. The van der Waals surface area contributed by atoms with Gasteiger partial charge in [-0.1, -0.05) is 30.3 Å². The van der Waals surface area contributed by atoms with Crippen molar-refractivity contribution in [3.05, 3.63) is 53.3 Å². The van der Waals surface area contributed by atoms with Gasteiger partial charge in [-0.3, -0.25) is 4.68 Å². The molecule has 4 rings (SSSR count). The maximum Gasteiger partial charge on any atom is 0.346 e. The van der Waals surface area contributed by atoms with Crippen molar-refractivity contribution in [1.82, 2.24) is 19.7 Å². The Morgan fingerprint density at radius 3 is 2.81 bits per heavy atom. The van der Waals surface area contributed by atoms with E-state index in [1.165, 1.54) is 17.6 Å². The average molecular weight is 374 g/mol. The fourth-order valence-corrected chi connectivity index (χ4v) is 3.74. The fraction of sp³-hybridized carbons (Fsp3) is 0.353. The van der Waals surface area contributed by atoms with E-state index < -0.39 is 18.0 Å². The maximum absolute atomic E-state index is 12.4. The van der Waals surface area contributed by atoms with Crippen LogP contribution in [0.1, 0.15) is 28.9 Å². The van der Waals surface area contributed by atoms with Gasteiger partial charge in [0.15, 0.2) is 6.04 Å². The van der Waals surface area contributed by atoms with Crippen molar-refractivity contribution in [2.24, 2.45) is 0 Å². The Morgan fingerprint density at radius 2 is 2.12 bits per heavy atom. The van der Waals surface area contributed by atoms with Crippen molar-refractivity contribution in [3.63, 3.8) is 0 Å². The number of methoxy groups -OCH3 is 1. The van der Waals surface area contributed by atoms with E-state index in [1.807, 2.05) is 24.4 Å². The molecule has 1 saturated heterocycles. The van der Waals surface area contributed by atoms with Crippen molar-refractivity contribution in [2.45, 2.75) is 25.0 Å². The number of esters is 1. The van der Waals surface area contributed by atoms with Gasteiger partial charge >= 0.3 is 12.0 Å². The van der Waals surface area contributed by atoms with Crippen molar-refractivity contribution >= 4 is 24.9 Å². The molecular formula is C17H18N4O4S. The summed E-state index contributed by atoms with van der Waals surface area (Å²) in [7, 11) is 1.30. The number of amides is 2. The molecule has 0 radical (unpaired) electrons. The Bertz CT molecular complexity index is 841. The van der Waals surface area contributed by atoms with E-state index in [2.05, 4.69) is 30.1 Å². The number of benzene rings is 1. The smallest absolute Gasteiger partial charge is 0.346 e. The van der Waals surface area contributed by atoms with Crippen molar-refractivity contribution in [3.8, 4) is 0 Å². The van der Waals surface area contributed by atoms with E-state index in [0.717, 1.165) is 17.0 Å². The van der Waals surface area contributed by atoms with Gasteiger partial charge in [-0.15, -0.1) is 0 Å². The van der Waals surface area contributed by atoms with E-state index in [-0.39, 0.29) is 6.04 Å². The summed E-state index contributed by atoms with van der Waals surface area (Å²) in [5.74, 6) is -0.521. The summed E-state index contributed by atoms with van der Waals surface area (Å²) in [6.45, 7) is 0.990. The van der Waals surface area contributed by atoms with Crippen LogP contribution in [0.4, 0.5) is 4.79 Å². The number of carbonyl (C=O) groups excluding carboxylic acids is 2. The normalized spacial score (nSPS) is 21.1. The van der Waals surface area contributed by atoms with Gasteiger partial charge in [-0.25, -0.2) is 13.9 Å². The highest BCUT2D eigenvalue weighted by Gasteiger charge is 2.53. The molecule has 2 aliphatic heterocycles. The zero-order chi connectivity index (χ0) is 18.3. The summed E-state index contributed by atoms with van der Waals surface area (Å²) >= 11 is 3.78. The first-order chi connectivity index (χ1) is 12.6. The topological polar surface area (TPSA) is 76.9 Å². The summed E-state index contributed by atoms with van der Waals surface area (Å²) in [4.78, 5) is 26.2. The van der Waals surface area contributed by atoms with Crippen LogP contribution in [-0.4, -0.2) is 45.4 Å². The second kappa shape index (κ2) is 6.65. The minimum atomic E-state index is -0.870. The number of nitrogens with zero attached hydrogens (tertiary/aromatic N) is 4. The average Bonchev–Trinajstić information content (AvgIpc) is 3.21. The number of hydrogen-bond acceptors (Lipinski definition) is 6. The van der Waals surface area contributed by atoms with Crippen LogP contribution in [0.2, 0.25) is 0 Å². The van der Waals surface area contributed by atoms with E-state index >= 15 is 0 Å². The monoisotopic (exact) mass is 374 g/mol. The predicted octanol–water partition coefficient (Wildman–Crippen LogP) is 1.91. The van der Waals surface area contributed by atoms with Crippen LogP contribution < -0.4 is 0 Å². The Hall–Kier alpha value is -2.52. The lowest BCUT2D eigenvalue weighted by atomic mass is 9.98. The lowest BCUT2D eigenvalue weighted by molar-refractivity contribution is -0.146. The van der Waals surface area contributed by atoms with Gasteiger partial charge in [0.05, 0.1) is 13.7 Å². The minimum absolute atomic E-state index is 0.330. The number of urea groups is 1. The Labute approximate surface area is 155 Å². The summed E-state index contributed by atoms with van der Waals surface area (Å²) in [6, 6.07) is 8.45. The Morgan fingerprint density at radius 1 is 1.35 bits per heavy atom. The van der Waals surface area contributed by atoms with Gasteiger partial charge in [-0.05, 0) is 12.0 Å². The molecule has 2 aliphatic rings. The van der Waals surface area contributed by atoms with Gasteiger partial charge < -0.3 is 9.64 Å². The molecular weight excluding hydrogens is 356 g/mol. The van der Waals surface area contributed by atoms with Crippen LogP contribution in [0.5, 0.6) is 0 Å². The first-order valence-corrected chi connectivity index (χ1v) is 8.61. The van der Waals surface area contributed by atoms with Crippen LogP contribution in [0.15, 0.2) is 36.5 Å². The zero-order valence-electron chi connectivity index (χ0n) is 14.1. The highest BCUT2D eigenvalue weighted by molar-refractivity contribution is 7.75. The number of ether oxygens (including phenoxy) is 1. The lowest BCUT2D eigenvalue weighted by Crippen LogP contribution is -2.39. The quantitative estimate of drug-likeness (QED) is 0.491. The van der Waals surface area contributed by atoms with Crippen molar-refractivity contribution in [1.29, 1.82) is 0 Å². The molecule has 3 heterocycles. The molecule has 2 amide bonds. The standard InChI is InChI=1S/C17H18N4O4S/c1-24-16(22)15-14-12(13-10-20(15)17(23)21(13)25-26)9-19(18-14)8-7-11-5-3-2-4-6-11/h2-6,9,13,15,26H,7-8,10H2,1H3. The number of thiol groups is 1. The first kappa shape index (κ1) is 16.9. The van der Waals surface area contributed by atoms with Gasteiger partial charge in [-0.2, -0.15) is 10.2 Å². The number of hydroxylamine groups is 2. The first-order valence-electron chi connectivity index (χ1n) is 8.24. The number of fused-ring (bicyclic) bond motifs is 4. The molecule has 2 bridgehead atoms. The minimum Gasteiger partial charge on any atom is -0.467 e. The highest BCUT2D eigenvalue weighted by atomic mass is 32.1. The molecule has 2 atom stereocenters. The summed E-state index contributed by atoms with van der Waals surface area (Å²) < 4.78 is 11.6. The van der Waals surface area contributed by atoms with Crippen LogP contribution in [-0.2, 0) is 26.8 Å². The molecule has 8 nitrogen and oxygen atoms in total. The summed E-state index contributed by atoms with van der Waals surface area (Å²) in [5, 5.41) is 5.74. The number of hydrogen-bond donors (Lipinski definition) is 1. The predicted molar refractivity (Wildman–Crippen MR) is 93.9 cm³/mol. The lowest BCUT2D eigenvalue weighted by Gasteiger charge is -2.27. The third kappa shape index (κ3) is 2.63. The second-order valence-electron chi connectivity index (χ2n) is 6.25. The molecule has 136 valence electrons. The van der Waals surface area contributed by atoms with Gasteiger partial charge in [0.25, 0.3) is 0 Å². The molecule has 2 aromatic rings. The third-order valence-corrected chi connectivity index (χ3v) is 5.00. The van der Waals surface area contributed by atoms with Crippen LogP contribution >= 0.6 is 12.9 Å². The van der Waals surface area contributed by atoms with E-state index in [4.69, 9.17) is 9.02 Å². The molecule has 1 fully saturated rings. The number of aryl methyl sites for hydroxylation is 2. The molecule has 0 spiro atoms. The van der Waals surface area contributed by atoms with E-state index in [1.54, 1.807) is 4.68 Å². The fourth-order valence-electron chi connectivity index (χ4n) is 3.55. The number of carbonyl (C=O) groups is 2. The largest absolute Gasteiger partial charge is 0.467 e. The SMILES string of the molecule is COC(=O)C1c2nn(CCc3ccccc3)cc2C2CN1C(=O)N2OS. The highest BCUT2D eigenvalue weighted by Crippen LogP contribution is 2.43. The van der Waals surface area contributed by atoms with Crippen LogP contribution in [0.3, 0.4) is 0 Å². The molecule has 9 heteroatoms. The molecule has 2 unspecified atom stereocenters. The number of rotatable bonds is 5. The number of aromatic nitrogens is 2. The summed E-state index contributed by atoms with van der Waals surface area (Å²) in [5.41, 5.74) is 2.51. The third-order valence-electron chi connectivity index (χ3n) is 4.82. The Kier molecular flexibility index (Phi) is 4.33. The summed E-state index contributed by atoms with van der Waals surface area (Å²) in [6.07, 6.45) is 2.68. The maximum atomic E-state index is 12.4. The van der Waals surface area contributed by atoms with E-state index in [0.29, 0.717) is 18.8 Å². The molecule has 26 heavy (non-hydrogen) atoms. The molecule has 1 aromatic carbocycles. The molecule has 1 aromatic heterocycles. The van der Waals surface area contributed by atoms with Gasteiger partial charge in [0.2, 0.25) is 0 Å². The Balaban J connectivity index is 1.65.